The molecule has 2 amide bonds. The number of urea groups is 1. The minimum Gasteiger partial charge on any atom is -0.329 e. The van der Waals surface area contributed by atoms with E-state index in [9.17, 15) is 18.0 Å². The number of halogens is 3. The van der Waals surface area contributed by atoms with E-state index in [2.05, 4.69) is 5.32 Å². The van der Waals surface area contributed by atoms with Gasteiger partial charge in [0.2, 0.25) is 0 Å². The van der Waals surface area contributed by atoms with Crippen molar-refractivity contribution in [1.82, 2.24) is 5.32 Å². The molecule has 7 heteroatoms. The number of nitrogens with two attached hydrogens (primary N) is 1. The van der Waals surface area contributed by atoms with Crippen molar-refractivity contribution < 1.29 is 18.0 Å². The first-order chi connectivity index (χ1) is 8.28. The van der Waals surface area contributed by atoms with Crippen LogP contribution in [0.4, 0.5) is 23.7 Å². The molecule has 0 radical (unpaired) electrons. The molecule has 0 aliphatic heterocycles. The van der Waals surface area contributed by atoms with Gasteiger partial charge in [-0.15, -0.1) is 0 Å². The van der Waals surface area contributed by atoms with Gasteiger partial charge in [0.1, 0.15) is 6.54 Å². The fraction of sp³-hybridized carbons (Fsp3) is 0.364. The second kappa shape index (κ2) is 5.72. The Hall–Kier alpha value is -1.76. The Kier molecular flexibility index (Phi) is 4.55. The number of amides is 2. The molecule has 100 valence electrons. The Labute approximate surface area is 102 Å². The molecule has 0 saturated heterocycles. The summed E-state index contributed by atoms with van der Waals surface area (Å²) < 4.78 is 35.6. The van der Waals surface area contributed by atoms with Crippen molar-refractivity contribution in [3.05, 3.63) is 29.8 Å². The Morgan fingerprint density at radius 3 is 2.67 bits per heavy atom. The van der Waals surface area contributed by atoms with Crippen molar-refractivity contribution in [3.63, 3.8) is 0 Å². The minimum atomic E-state index is -4.43. The fourth-order valence-electron chi connectivity index (χ4n) is 1.26. The van der Waals surface area contributed by atoms with Gasteiger partial charge in [0.25, 0.3) is 0 Å². The van der Waals surface area contributed by atoms with Crippen LogP contribution in [0.3, 0.4) is 0 Å². The van der Waals surface area contributed by atoms with Gasteiger partial charge in [0, 0.05) is 11.7 Å². The normalized spacial score (nSPS) is 12.9. The third kappa shape index (κ3) is 5.05. The zero-order chi connectivity index (χ0) is 13.8. The second-order valence-corrected chi connectivity index (χ2v) is 3.84. The van der Waals surface area contributed by atoms with Gasteiger partial charge >= 0.3 is 12.2 Å². The van der Waals surface area contributed by atoms with Crippen molar-refractivity contribution in [2.45, 2.75) is 19.1 Å². The van der Waals surface area contributed by atoms with E-state index in [-0.39, 0.29) is 6.04 Å². The van der Waals surface area contributed by atoms with Gasteiger partial charge in [-0.05, 0) is 24.6 Å². The zero-order valence-electron chi connectivity index (χ0n) is 9.71. The maximum atomic E-state index is 11.9. The molecule has 0 bridgehead atoms. The Morgan fingerprint density at radius 1 is 1.44 bits per heavy atom. The van der Waals surface area contributed by atoms with Crippen molar-refractivity contribution in [2.24, 2.45) is 5.73 Å². The lowest BCUT2D eigenvalue weighted by Crippen LogP contribution is -2.36. The zero-order valence-corrected chi connectivity index (χ0v) is 9.71. The van der Waals surface area contributed by atoms with Crippen LogP contribution in [-0.2, 0) is 0 Å². The van der Waals surface area contributed by atoms with Gasteiger partial charge in [-0.25, -0.2) is 4.79 Å². The van der Waals surface area contributed by atoms with Crippen LogP contribution in [0.15, 0.2) is 24.3 Å². The van der Waals surface area contributed by atoms with E-state index >= 15 is 0 Å². The maximum absolute atomic E-state index is 11.9. The molecule has 0 fully saturated rings. The van der Waals surface area contributed by atoms with E-state index in [1.807, 2.05) is 0 Å². The molecular formula is C11H14F3N3O. The van der Waals surface area contributed by atoms with Crippen LogP contribution in [0.25, 0.3) is 0 Å². The molecule has 1 unspecified atom stereocenters. The molecule has 4 nitrogen and oxygen atoms in total. The predicted molar refractivity (Wildman–Crippen MR) is 62.1 cm³/mol. The highest BCUT2D eigenvalue weighted by atomic mass is 19.4. The fourth-order valence-corrected chi connectivity index (χ4v) is 1.26. The van der Waals surface area contributed by atoms with Crippen molar-refractivity contribution >= 4 is 11.7 Å². The van der Waals surface area contributed by atoms with Crippen LogP contribution in [0.2, 0.25) is 0 Å². The first-order valence-electron chi connectivity index (χ1n) is 5.25. The molecular weight excluding hydrogens is 247 g/mol. The van der Waals surface area contributed by atoms with Gasteiger partial charge < -0.3 is 16.4 Å². The summed E-state index contributed by atoms with van der Waals surface area (Å²) in [6.45, 7) is 0.397. The second-order valence-electron chi connectivity index (χ2n) is 3.84. The van der Waals surface area contributed by atoms with E-state index in [4.69, 9.17) is 5.73 Å². The third-order valence-corrected chi connectivity index (χ3v) is 2.12. The number of carbonyl (C=O) groups is 1. The number of benzene rings is 1. The van der Waals surface area contributed by atoms with Crippen LogP contribution in [0.5, 0.6) is 0 Å². The molecule has 0 saturated carbocycles. The van der Waals surface area contributed by atoms with E-state index in [0.29, 0.717) is 5.69 Å². The Bertz CT molecular complexity index is 418. The maximum Gasteiger partial charge on any atom is 0.405 e. The lowest BCUT2D eigenvalue weighted by molar-refractivity contribution is -0.122. The molecule has 1 atom stereocenters. The quantitative estimate of drug-likeness (QED) is 0.782. The first-order valence-corrected chi connectivity index (χ1v) is 5.25. The topological polar surface area (TPSA) is 67.1 Å². The van der Waals surface area contributed by atoms with Crippen LogP contribution in [0.1, 0.15) is 18.5 Å². The number of hydrogen-bond donors (Lipinski definition) is 3. The van der Waals surface area contributed by atoms with Gasteiger partial charge in [-0.3, -0.25) is 0 Å². The summed E-state index contributed by atoms with van der Waals surface area (Å²) in [7, 11) is 0. The minimum absolute atomic E-state index is 0.218. The van der Waals surface area contributed by atoms with E-state index in [1.165, 1.54) is 0 Å². The number of alkyl halides is 3. The monoisotopic (exact) mass is 261 g/mol. The van der Waals surface area contributed by atoms with Crippen LogP contribution < -0.4 is 16.4 Å². The molecule has 18 heavy (non-hydrogen) atoms. The first kappa shape index (κ1) is 14.3. The third-order valence-electron chi connectivity index (χ3n) is 2.12. The average Bonchev–Trinajstić information content (AvgIpc) is 2.26. The summed E-state index contributed by atoms with van der Waals surface area (Å²) in [4.78, 5) is 11.2. The number of anilines is 1. The van der Waals surface area contributed by atoms with E-state index in [1.54, 1.807) is 36.5 Å². The lowest BCUT2D eigenvalue weighted by atomic mass is 10.1. The molecule has 1 aromatic rings. The van der Waals surface area contributed by atoms with Crippen molar-refractivity contribution in [1.29, 1.82) is 0 Å². The van der Waals surface area contributed by atoms with Gasteiger partial charge in [-0.2, -0.15) is 13.2 Å². The number of hydrogen-bond acceptors (Lipinski definition) is 2. The van der Waals surface area contributed by atoms with Gasteiger partial charge in [-0.1, -0.05) is 12.1 Å². The van der Waals surface area contributed by atoms with Crippen molar-refractivity contribution in [2.75, 3.05) is 11.9 Å². The molecule has 1 aromatic carbocycles. The van der Waals surface area contributed by atoms with Crippen LogP contribution in [0, 0.1) is 0 Å². The van der Waals surface area contributed by atoms with E-state index in [0.717, 1.165) is 5.56 Å². The summed E-state index contributed by atoms with van der Waals surface area (Å²) in [6, 6.07) is 5.48. The summed E-state index contributed by atoms with van der Waals surface area (Å²) in [5.41, 5.74) is 6.83. The highest BCUT2D eigenvalue weighted by Crippen LogP contribution is 2.16. The van der Waals surface area contributed by atoms with Gasteiger partial charge in [0.15, 0.2) is 0 Å². The molecule has 0 aromatic heterocycles. The number of nitrogens with one attached hydrogen (secondary N) is 2. The lowest BCUT2D eigenvalue weighted by Gasteiger charge is -2.11. The largest absolute Gasteiger partial charge is 0.405 e. The molecule has 0 spiro atoms. The Balaban J connectivity index is 2.57. The summed E-state index contributed by atoms with van der Waals surface area (Å²) >= 11 is 0. The molecule has 0 aliphatic carbocycles. The van der Waals surface area contributed by atoms with Gasteiger partial charge in [0.05, 0.1) is 0 Å². The Morgan fingerprint density at radius 2 is 2.11 bits per heavy atom. The average molecular weight is 261 g/mol. The summed E-state index contributed by atoms with van der Waals surface area (Å²) in [5.74, 6) is 0. The highest BCUT2D eigenvalue weighted by molar-refractivity contribution is 5.89. The van der Waals surface area contributed by atoms with E-state index < -0.39 is 18.8 Å². The standard InChI is InChI=1S/C11H14F3N3O/c1-7(15)8-3-2-4-9(5-8)17-10(18)16-6-11(12,13)14/h2-5,7H,6,15H2,1H3,(H2,16,17,18). The SMILES string of the molecule is CC(N)c1cccc(NC(=O)NCC(F)(F)F)c1. The predicted octanol–water partition coefficient (Wildman–Crippen LogP) is 2.39. The number of rotatable bonds is 3. The van der Waals surface area contributed by atoms with Crippen LogP contribution >= 0.6 is 0 Å². The smallest absolute Gasteiger partial charge is 0.329 e. The molecule has 4 N–H and O–H groups in total. The van der Waals surface area contributed by atoms with Crippen LogP contribution in [-0.4, -0.2) is 18.8 Å². The summed E-state index contributed by atoms with van der Waals surface area (Å²) in [6.07, 6.45) is -4.43. The summed E-state index contributed by atoms with van der Waals surface area (Å²) in [5, 5.41) is 4.02. The van der Waals surface area contributed by atoms with Crippen molar-refractivity contribution in [3.8, 4) is 0 Å². The molecule has 0 heterocycles. The highest BCUT2D eigenvalue weighted by Gasteiger charge is 2.27. The number of carbonyl (C=O) groups excluding carboxylic acids is 1. The molecule has 0 aliphatic rings. The molecule has 1 rings (SSSR count).